The number of ether oxygens (including phenoxy) is 2. The van der Waals surface area contributed by atoms with Gasteiger partial charge in [-0.05, 0) is 51.2 Å². The van der Waals surface area contributed by atoms with E-state index in [1.54, 1.807) is 21.3 Å². The van der Waals surface area contributed by atoms with Gasteiger partial charge in [0.1, 0.15) is 0 Å². The first-order chi connectivity index (χ1) is 11.1. The van der Waals surface area contributed by atoms with Crippen LogP contribution in [-0.4, -0.2) is 65.9 Å². The quantitative estimate of drug-likeness (QED) is 0.408. The van der Waals surface area contributed by atoms with E-state index >= 15 is 0 Å². The summed E-state index contributed by atoms with van der Waals surface area (Å²) in [7, 11) is 9.24. The Labute approximate surface area is 139 Å². The van der Waals surface area contributed by atoms with Crippen LogP contribution in [0.5, 0.6) is 11.5 Å². The van der Waals surface area contributed by atoms with E-state index in [4.69, 9.17) is 9.47 Å². The fourth-order valence-electron chi connectivity index (χ4n) is 2.18. The second-order valence-corrected chi connectivity index (χ2v) is 5.52. The SMILES string of the molecule is CN=C(NCCCN(C)C)NCCc1ccc(OC)c(OC)c1. The standard InChI is InChI=1S/C17H30N4O2/c1-18-17(19-10-6-12-21(2)3)20-11-9-14-7-8-15(22-4)16(13-14)23-5/h7-8,13H,6,9-12H2,1-5H3,(H2,18,19,20). The zero-order chi connectivity index (χ0) is 17.1. The molecule has 0 aliphatic carbocycles. The molecule has 0 radical (unpaired) electrons. The van der Waals surface area contributed by atoms with Crippen LogP contribution in [0.25, 0.3) is 0 Å². The Bertz CT molecular complexity index is 489. The first kappa shape index (κ1) is 19.1. The molecular weight excluding hydrogens is 292 g/mol. The van der Waals surface area contributed by atoms with Crippen LogP contribution in [0.2, 0.25) is 0 Å². The first-order valence-corrected chi connectivity index (χ1v) is 7.90. The molecular formula is C17H30N4O2. The van der Waals surface area contributed by atoms with Gasteiger partial charge in [0.05, 0.1) is 14.2 Å². The van der Waals surface area contributed by atoms with E-state index in [9.17, 15) is 0 Å². The Hall–Kier alpha value is -1.95. The minimum atomic E-state index is 0.752. The third-order valence-corrected chi connectivity index (χ3v) is 3.45. The molecule has 1 rings (SSSR count). The summed E-state index contributed by atoms with van der Waals surface area (Å²) in [5.74, 6) is 2.35. The topological polar surface area (TPSA) is 58.1 Å². The van der Waals surface area contributed by atoms with Gasteiger partial charge in [-0.25, -0.2) is 0 Å². The summed E-state index contributed by atoms with van der Waals surface area (Å²) in [5.41, 5.74) is 1.19. The van der Waals surface area contributed by atoms with Crippen LogP contribution < -0.4 is 20.1 Å². The minimum absolute atomic E-state index is 0.752. The van der Waals surface area contributed by atoms with Crippen LogP contribution in [0.15, 0.2) is 23.2 Å². The third kappa shape index (κ3) is 7.23. The molecule has 6 heteroatoms. The lowest BCUT2D eigenvalue weighted by atomic mass is 10.1. The lowest BCUT2D eigenvalue weighted by Gasteiger charge is -2.14. The lowest BCUT2D eigenvalue weighted by molar-refractivity contribution is 0.354. The highest BCUT2D eigenvalue weighted by molar-refractivity contribution is 5.79. The van der Waals surface area contributed by atoms with Gasteiger partial charge in [-0.2, -0.15) is 0 Å². The summed E-state index contributed by atoms with van der Waals surface area (Å²) in [6, 6.07) is 5.99. The van der Waals surface area contributed by atoms with Crippen LogP contribution in [0.4, 0.5) is 0 Å². The molecule has 0 aliphatic heterocycles. The summed E-state index contributed by atoms with van der Waals surface area (Å²) >= 11 is 0. The summed E-state index contributed by atoms with van der Waals surface area (Å²) in [5, 5.41) is 6.64. The zero-order valence-electron chi connectivity index (χ0n) is 15.0. The average Bonchev–Trinajstić information content (AvgIpc) is 2.56. The zero-order valence-corrected chi connectivity index (χ0v) is 15.0. The number of rotatable bonds is 9. The summed E-state index contributed by atoms with van der Waals surface area (Å²) in [4.78, 5) is 6.41. The number of nitrogens with zero attached hydrogens (tertiary/aromatic N) is 2. The summed E-state index contributed by atoms with van der Waals surface area (Å²) in [6.45, 7) is 2.78. The van der Waals surface area contributed by atoms with Crippen molar-refractivity contribution in [3.05, 3.63) is 23.8 Å². The molecule has 130 valence electrons. The van der Waals surface area contributed by atoms with Gasteiger partial charge in [-0.15, -0.1) is 0 Å². The Balaban J connectivity index is 2.37. The van der Waals surface area contributed by atoms with Crippen molar-refractivity contribution >= 4 is 5.96 Å². The highest BCUT2D eigenvalue weighted by atomic mass is 16.5. The smallest absolute Gasteiger partial charge is 0.190 e. The lowest BCUT2D eigenvalue weighted by Crippen LogP contribution is -2.39. The van der Waals surface area contributed by atoms with E-state index < -0.39 is 0 Å². The van der Waals surface area contributed by atoms with Crippen molar-refractivity contribution < 1.29 is 9.47 Å². The van der Waals surface area contributed by atoms with Gasteiger partial charge in [-0.3, -0.25) is 4.99 Å². The molecule has 0 unspecified atom stereocenters. The Morgan fingerprint density at radius 3 is 2.39 bits per heavy atom. The predicted octanol–water partition coefficient (Wildman–Crippen LogP) is 1.36. The maximum Gasteiger partial charge on any atom is 0.190 e. The van der Waals surface area contributed by atoms with Gasteiger partial charge < -0.3 is 25.0 Å². The largest absolute Gasteiger partial charge is 0.493 e. The van der Waals surface area contributed by atoms with E-state index in [0.717, 1.165) is 49.9 Å². The second kappa shape index (κ2) is 10.7. The molecule has 6 nitrogen and oxygen atoms in total. The Morgan fingerprint density at radius 1 is 1.09 bits per heavy atom. The highest BCUT2D eigenvalue weighted by Crippen LogP contribution is 2.27. The summed E-state index contributed by atoms with van der Waals surface area (Å²) < 4.78 is 10.6. The molecule has 2 N–H and O–H groups in total. The van der Waals surface area contributed by atoms with Gasteiger partial charge in [0.2, 0.25) is 0 Å². The fourth-order valence-corrected chi connectivity index (χ4v) is 2.18. The maximum absolute atomic E-state index is 5.32. The van der Waals surface area contributed by atoms with Crippen molar-refractivity contribution in [2.24, 2.45) is 4.99 Å². The van der Waals surface area contributed by atoms with Crippen LogP contribution in [0.1, 0.15) is 12.0 Å². The van der Waals surface area contributed by atoms with Gasteiger partial charge in [0.15, 0.2) is 17.5 Å². The minimum Gasteiger partial charge on any atom is -0.493 e. The van der Waals surface area contributed by atoms with Crippen molar-refractivity contribution in [1.29, 1.82) is 0 Å². The molecule has 0 bridgehead atoms. The van der Waals surface area contributed by atoms with E-state index in [-0.39, 0.29) is 0 Å². The van der Waals surface area contributed by atoms with E-state index in [1.807, 2.05) is 12.1 Å². The van der Waals surface area contributed by atoms with Crippen molar-refractivity contribution in [1.82, 2.24) is 15.5 Å². The normalized spacial score (nSPS) is 11.5. The number of guanidine groups is 1. The monoisotopic (exact) mass is 322 g/mol. The third-order valence-electron chi connectivity index (χ3n) is 3.45. The Morgan fingerprint density at radius 2 is 1.78 bits per heavy atom. The molecule has 23 heavy (non-hydrogen) atoms. The molecule has 1 aromatic rings. The molecule has 0 spiro atoms. The fraction of sp³-hybridized carbons (Fsp3) is 0.588. The van der Waals surface area contributed by atoms with Gasteiger partial charge in [0.25, 0.3) is 0 Å². The van der Waals surface area contributed by atoms with Crippen LogP contribution in [0, 0.1) is 0 Å². The predicted molar refractivity (Wildman–Crippen MR) is 95.8 cm³/mol. The number of benzene rings is 1. The van der Waals surface area contributed by atoms with Crippen molar-refractivity contribution in [3.8, 4) is 11.5 Å². The van der Waals surface area contributed by atoms with Crippen LogP contribution in [-0.2, 0) is 6.42 Å². The van der Waals surface area contributed by atoms with Crippen molar-refractivity contribution in [2.45, 2.75) is 12.8 Å². The number of nitrogens with one attached hydrogen (secondary N) is 2. The van der Waals surface area contributed by atoms with Gasteiger partial charge in [-0.1, -0.05) is 6.07 Å². The van der Waals surface area contributed by atoms with Crippen molar-refractivity contribution in [3.63, 3.8) is 0 Å². The molecule has 0 saturated carbocycles. The molecule has 0 saturated heterocycles. The number of aliphatic imine (C=N–C) groups is 1. The second-order valence-electron chi connectivity index (χ2n) is 5.52. The number of methoxy groups -OCH3 is 2. The molecule has 0 aromatic heterocycles. The molecule has 0 atom stereocenters. The van der Waals surface area contributed by atoms with Crippen LogP contribution >= 0.6 is 0 Å². The number of hydrogen-bond donors (Lipinski definition) is 2. The maximum atomic E-state index is 5.32. The highest BCUT2D eigenvalue weighted by Gasteiger charge is 2.05. The number of hydrogen-bond acceptors (Lipinski definition) is 4. The Kier molecular flexibility index (Phi) is 8.90. The first-order valence-electron chi connectivity index (χ1n) is 7.90. The van der Waals surface area contributed by atoms with E-state index in [1.165, 1.54) is 5.56 Å². The van der Waals surface area contributed by atoms with Crippen molar-refractivity contribution in [2.75, 3.05) is 55.0 Å². The van der Waals surface area contributed by atoms with E-state index in [0.29, 0.717) is 0 Å². The molecule has 0 fully saturated rings. The molecule has 0 aliphatic rings. The van der Waals surface area contributed by atoms with Gasteiger partial charge >= 0.3 is 0 Å². The molecule has 0 heterocycles. The van der Waals surface area contributed by atoms with E-state index in [2.05, 4.69) is 40.7 Å². The van der Waals surface area contributed by atoms with Crippen LogP contribution in [0.3, 0.4) is 0 Å². The van der Waals surface area contributed by atoms with Gasteiger partial charge in [0, 0.05) is 20.1 Å². The molecule has 0 amide bonds. The molecule has 1 aromatic carbocycles. The summed E-state index contributed by atoms with van der Waals surface area (Å²) in [6.07, 6.45) is 1.97. The average molecular weight is 322 g/mol.